The highest BCUT2D eigenvalue weighted by atomic mass is 16.3. The second-order valence-corrected chi connectivity index (χ2v) is 4.94. The van der Waals surface area contributed by atoms with Crippen molar-refractivity contribution in [3.8, 4) is 5.75 Å². The van der Waals surface area contributed by atoms with Crippen LogP contribution in [0.15, 0.2) is 42.5 Å². The largest absolute Gasteiger partial charge is 0.508 e. The fourth-order valence-corrected chi connectivity index (χ4v) is 2.60. The Morgan fingerprint density at radius 1 is 1.21 bits per heavy atom. The Balaban J connectivity index is 1.87. The standard InChI is InChI=1S/C16H15NO2/c1-11-4-2-6-13-10-17(16(19)15(11)13)9-12-5-3-7-14(18)8-12/h2-8,18H,9-10H2,1H3. The summed E-state index contributed by atoms with van der Waals surface area (Å²) < 4.78 is 0. The van der Waals surface area contributed by atoms with E-state index in [9.17, 15) is 9.90 Å². The fraction of sp³-hybridized carbons (Fsp3) is 0.188. The van der Waals surface area contributed by atoms with E-state index < -0.39 is 0 Å². The van der Waals surface area contributed by atoms with Gasteiger partial charge in [-0.15, -0.1) is 0 Å². The Bertz CT molecular complexity index is 649. The molecule has 0 radical (unpaired) electrons. The molecular formula is C16H15NO2. The van der Waals surface area contributed by atoms with Gasteiger partial charge >= 0.3 is 0 Å². The third-order valence-corrected chi connectivity index (χ3v) is 3.51. The molecule has 19 heavy (non-hydrogen) atoms. The predicted octanol–water partition coefficient (Wildman–Crippen LogP) is 2.86. The third-order valence-electron chi connectivity index (χ3n) is 3.51. The lowest BCUT2D eigenvalue weighted by molar-refractivity contribution is 0.0766. The van der Waals surface area contributed by atoms with Crippen LogP contribution in [0, 0.1) is 6.92 Å². The molecule has 2 aromatic carbocycles. The van der Waals surface area contributed by atoms with Crippen LogP contribution in [-0.2, 0) is 13.1 Å². The number of rotatable bonds is 2. The number of benzene rings is 2. The number of hydrogen-bond acceptors (Lipinski definition) is 2. The second-order valence-electron chi connectivity index (χ2n) is 4.94. The number of hydrogen-bond donors (Lipinski definition) is 1. The van der Waals surface area contributed by atoms with Crippen LogP contribution in [0.3, 0.4) is 0 Å². The van der Waals surface area contributed by atoms with Crippen LogP contribution >= 0.6 is 0 Å². The minimum atomic E-state index is 0.0800. The third kappa shape index (κ3) is 2.08. The first-order valence-electron chi connectivity index (χ1n) is 6.31. The zero-order chi connectivity index (χ0) is 13.4. The number of phenols is 1. The lowest BCUT2D eigenvalue weighted by atomic mass is 10.0. The summed E-state index contributed by atoms with van der Waals surface area (Å²) in [5.41, 5.74) is 3.90. The number of aryl methyl sites for hydroxylation is 1. The molecule has 0 saturated carbocycles. The van der Waals surface area contributed by atoms with Crippen LogP contribution in [0.25, 0.3) is 0 Å². The van der Waals surface area contributed by atoms with Crippen molar-refractivity contribution in [2.24, 2.45) is 0 Å². The maximum atomic E-state index is 12.4. The number of nitrogens with zero attached hydrogens (tertiary/aromatic N) is 1. The summed E-state index contributed by atoms with van der Waals surface area (Å²) in [6, 6.07) is 13.0. The molecule has 1 aliphatic rings. The number of phenolic OH excluding ortho intramolecular Hbond substituents is 1. The van der Waals surface area contributed by atoms with Crippen molar-refractivity contribution in [2.75, 3.05) is 0 Å². The molecule has 3 heteroatoms. The van der Waals surface area contributed by atoms with Crippen molar-refractivity contribution in [3.63, 3.8) is 0 Å². The van der Waals surface area contributed by atoms with Crippen molar-refractivity contribution in [2.45, 2.75) is 20.0 Å². The highest BCUT2D eigenvalue weighted by molar-refractivity contribution is 5.99. The van der Waals surface area contributed by atoms with Gasteiger partial charge in [0.05, 0.1) is 0 Å². The summed E-state index contributed by atoms with van der Waals surface area (Å²) in [6.45, 7) is 3.14. The molecule has 0 saturated heterocycles. The van der Waals surface area contributed by atoms with E-state index in [4.69, 9.17) is 0 Å². The van der Waals surface area contributed by atoms with Crippen LogP contribution in [-0.4, -0.2) is 15.9 Å². The maximum absolute atomic E-state index is 12.4. The van der Waals surface area contributed by atoms with E-state index in [0.29, 0.717) is 13.1 Å². The quantitative estimate of drug-likeness (QED) is 0.894. The summed E-state index contributed by atoms with van der Waals surface area (Å²) in [4.78, 5) is 14.2. The number of amides is 1. The smallest absolute Gasteiger partial charge is 0.255 e. The van der Waals surface area contributed by atoms with E-state index >= 15 is 0 Å². The van der Waals surface area contributed by atoms with E-state index in [1.807, 2.05) is 36.1 Å². The van der Waals surface area contributed by atoms with Crippen LogP contribution in [0.2, 0.25) is 0 Å². The van der Waals surface area contributed by atoms with Gasteiger partial charge in [0.1, 0.15) is 5.75 Å². The van der Waals surface area contributed by atoms with Gasteiger partial charge in [-0.1, -0.05) is 30.3 Å². The Kier molecular flexibility index (Phi) is 2.75. The molecule has 3 nitrogen and oxygen atoms in total. The lowest BCUT2D eigenvalue weighted by Gasteiger charge is -2.15. The van der Waals surface area contributed by atoms with E-state index in [0.717, 1.165) is 22.3 Å². The normalized spacial score (nSPS) is 13.7. The first-order valence-corrected chi connectivity index (χ1v) is 6.31. The van der Waals surface area contributed by atoms with Crippen molar-refractivity contribution >= 4 is 5.91 Å². The number of carbonyl (C=O) groups excluding carboxylic acids is 1. The highest BCUT2D eigenvalue weighted by Crippen LogP contribution is 2.27. The maximum Gasteiger partial charge on any atom is 0.255 e. The van der Waals surface area contributed by atoms with Crippen molar-refractivity contribution < 1.29 is 9.90 Å². The monoisotopic (exact) mass is 253 g/mol. The molecule has 0 fully saturated rings. The predicted molar refractivity (Wildman–Crippen MR) is 72.9 cm³/mol. The first-order chi connectivity index (χ1) is 9.15. The topological polar surface area (TPSA) is 40.5 Å². The zero-order valence-electron chi connectivity index (χ0n) is 10.8. The molecule has 1 heterocycles. The number of aromatic hydroxyl groups is 1. The molecule has 0 unspecified atom stereocenters. The Hall–Kier alpha value is -2.29. The SMILES string of the molecule is Cc1cccc2c1C(=O)N(Cc1cccc(O)c1)C2. The van der Waals surface area contributed by atoms with Gasteiger partial charge in [-0.05, 0) is 35.7 Å². The minimum absolute atomic E-state index is 0.0800. The lowest BCUT2D eigenvalue weighted by Crippen LogP contribution is -2.23. The summed E-state index contributed by atoms with van der Waals surface area (Å²) in [5.74, 6) is 0.314. The van der Waals surface area contributed by atoms with Crippen molar-refractivity contribution in [3.05, 3.63) is 64.7 Å². The van der Waals surface area contributed by atoms with Gasteiger partial charge in [0.15, 0.2) is 0 Å². The fourth-order valence-electron chi connectivity index (χ4n) is 2.60. The molecule has 1 aliphatic heterocycles. The van der Waals surface area contributed by atoms with E-state index in [-0.39, 0.29) is 11.7 Å². The Morgan fingerprint density at radius 2 is 2.00 bits per heavy atom. The average Bonchev–Trinajstić information content (AvgIpc) is 2.68. The summed E-state index contributed by atoms with van der Waals surface area (Å²) in [5, 5.41) is 9.47. The van der Waals surface area contributed by atoms with Gasteiger partial charge in [-0.25, -0.2) is 0 Å². The van der Waals surface area contributed by atoms with Gasteiger partial charge in [0.2, 0.25) is 0 Å². The van der Waals surface area contributed by atoms with Crippen LogP contribution < -0.4 is 0 Å². The average molecular weight is 253 g/mol. The molecule has 2 aromatic rings. The molecule has 0 atom stereocenters. The zero-order valence-corrected chi connectivity index (χ0v) is 10.8. The molecule has 0 spiro atoms. The van der Waals surface area contributed by atoms with Crippen LogP contribution in [0.4, 0.5) is 0 Å². The highest BCUT2D eigenvalue weighted by Gasteiger charge is 2.28. The number of fused-ring (bicyclic) bond motifs is 1. The summed E-state index contributed by atoms with van der Waals surface area (Å²) >= 11 is 0. The summed E-state index contributed by atoms with van der Waals surface area (Å²) in [6.07, 6.45) is 0. The molecule has 3 rings (SSSR count). The van der Waals surface area contributed by atoms with Gasteiger partial charge in [0.25, 0.3) is 5.91 Å². The molecule has 1 amide bonds. The molecular weight excluding hydrogens is 238 g/mol. The molecule has 0 aromatic heterocycles. The molecule has 0 aliphatic carbocycles. The van der Waals surface area contributed by atoms with E-state index in [1.54, 1.807) is 18.2 Å². The summed E-state index contributed by atoms with van der Waals surface area (Å²) in [7, 11) is 0. The molecule has 96 valence electrons. The van der Waals surface area contributed by atoms with E-state index in [1.165, 1.54) is 0 Å². The van der Waals surface area contributed by atoms with Crippen molar-refractivity contribution in [1.82, 2.24) is 4.90 Å². The second kappa shape index (κ2) is 4.43. The first kappa shape index (κ1) is 11.8. The Morgan fingerprint density at radius 3 is 2.74 bits per heavy atom. The van der Waals surface area contributed by atoms with E-state index in [2.05, 4.69) is 0 Å². The van der Waals surface area contributed by atoms with Gasteiger partial charge in [-0.2, -0.15) is 0 Å². The van der Waals surface area contributed by atoms with Crippen LogP contribution in [0.5, 0.6) is 5.75 Å². The van der Waals surface area contributed by atoms with Gasteiger partial charge in [0, 0.05) is 18.7 Å². The van der Waals surface area contributed by atoms with Gasteiger partial charge < -0.3 is 10.0 Å². The molecule has 0 bridgehead atoms. The van der Waals surface area contributed by atoms with Crippen molar-refractivity contribution in [1.29, 1.82) is 0 Å². The van der Waals surface area contributed by atoms with Crippen LogP contribution in [0.1, 0.15) is 27.0 Å². The molecule has 1 N–H and O–H groups in total. The Labute approximate surface area is 112 Å². The minimum Gasteiger partial charge on any atom is -0.508 e. The number of carbonyl (C=O) groups is 1. The van der Waals surface area contributed by atoms with Gasteiger partial charge in [-0.3, -0.25) is 4.79 Å².